The van der Waals surface area contributed by atoms with Gasteiger partial charge in [0.25, 0.3) is 0 Å². The van der Waals surface area contributed by atoms with E-state index in [-0.39, 0.29) is 0 Å². The number of rotatable bonds is 2. The maximum Gasteiger partial charge on any atom is 0.174 e. The monoisotopic (exact) mass is 244 g/mol. The van der Waals surface area contributed by atoms with E-state index in [1.54, 1.807) is 0 Å². The van der Waals surface area contributed by atoms with Crippen molar-refractivity contribution in [2.24, 2.45) is 0 Å². The van der Waals surface area contributed by atoms with Crippen LogP contribution in [0.25, 0.3) is 0 Å². The van der Waals surface area contributed by atoms with E-state index in [1.807, 2.05) is 6.20 Å². The number of H-pyrrole nitrogens is 2. The van der Waals surface area contributed by atoms with Gasteiger partial charge in [0.1, 0.15) is 0 Å². The molecule has 1 aromatic carbocycles. The average Bonchev–Trinajstić information content (AvgIpc) is 2.86. The Kier molecular flexibility index (Phi) is 2.63. The van der Waals surface area contributed by atoms with E-state index >= 15 is 0 Å². The van der Waals surface area contributed by atoms with Gasteiger partial charge in [0.15, 0.2) is 4.77 Å². The molecule has 3 heteroatoms. The van der Waals surface area contributed by atoms with Gasteiger partial charge in [0, 0.05) is 11.9 Å². The van der Waals surface area contributed by atoms with E-state index < -0.39 is 0 Å². The third-order valence-electron chi connectivity index (χ3n) is 3.72. The quantitative estimate of drug-likeness (QED) is 0.771. The van der Waals surface area contributed by atoms with Gasteiger partial charge in [-0.3, -0.25) is 0 Å². The number of benzene rings is 1. The Hall–Kier alpha value is -1.35. The first-order valence-electron chi connectivity index (χ1n) is 6.09. The smallest absolute Gasteiger partial charge is 0.174 e. The molecule has 2 atom stereocenters. The molecule has 2 aromatic rings. The summed E-state index contributed by atoms with van der Waals surface area (Å²) in [5.41, 5.74) is 4.25. The molecule has 0 spiro atoms. The third kappa shape index (κ3) is 1.95. The number of fused-ring (bicyclic) bond motifs is 1. The van der Waals surface area contributed by atoms with Crippen LogP contribution < -0.4 is 0 Å². The first-order chi connectivity index (χ1) is 8.24. The van der Waals surface area contributed by atoms with E-state index in [0.29, 0.717) is 11.8 Å². The van der Waals surface area contributed by atoms with Crippen molar-refractivity contribution in [3.05, 3.63) is 52.1 Å². The van der Waals surface area contributed by atoms with Gasteiger partial charge >= 0.3 is 0 Å². The number of hydrogen-bond donors (Lipinski definition) is 2. The van der Waals surface area contributed by atoms with Crippen LogP contribution in [0.5, 0.6) is 0 Å². The second-order valence-corrected chi connectivity index (χ2v) is 5.34. The molecule has 0 bridgehead atoms. The predicted octanol–water partition coefficient (Wildman–Crippen LogP) is 3.91. The molecular weight excluding hydrogens is 228 g/mol. The van der Waals surface area contributed by atoms with Crippen molar-refractivity contribution in [1.82, 2.24) is 9.97 Å². The van der Waals surface area contributed by atoms with Crippen LogP contribution in [-0.4, -0.2) is 9.97 Å². The molecule has 1 aromatic heterocycles. The fourth-order valence-electron chi connectivity index (χ4n) is 2.95. The molecule has 0 aliphatic heterocycles. The Labute approximate surface area is 106 Å². The summed E-state index contributed by atoms with van der Waals surface area (Å²) in [6.07, 6.45) is 4.29. The van der Waals surface area contributed by atoms with E-state index in [1.165, 1.54) is 23.2 Å². The highest BCUT2D eigenvalue weighted by atomic mass is 32.1. The van der Waals surface area contributed by atoms with Crippen molar-refractivity contribution in [2.75, 3.05) is 0 Å². The SMILES string of the molecule is CC1CC(Cc2c[nH]c(=S)[nH]2)c2ccccc21. The molecule has 0 fully saturated rings. The largest absolute Gasteiger partial charge is 0.337 e. The van der Waals surface area contributed by atoms with Crippen LogP contribution in [0, 0.1) is 4.77 Å². The first-order valence-corrected chi connectivity index (χ1v) is 6.50. The van der Waals surface area contributed by atoms with Crippen LogP contribution >= 0.6 is 12.2 Å². The fraction of sp³-hybridized carbons (Fsp3) is 0.357. The molecule has 2 unspecified atom stereocenters. The van der Waals surface area contributed by atoms with Crippen molar-refractivity contribution < 1.29 is 0 Å². The van der Waals surface area contributed by atoms with E-state index in [0.717, 1.165) is 11.2 Å². The van der Waals surface area contributed by atoms with Gasteiger partial charge in [-0.05, 0) is 48.0 Å². The van der Waals surface area contributed by atoms with Crippen LogP contribution in [0.15, 0.2) is 30.5 Å². The molecule has 1 aliphatic rings. The standard InChI is InChI=1S/C14H16N2S/c1-9-6-10(7-11-8-15-14(17)16-11)13-5-3-2-4-12(9)13/h2-5,8-10H,6-7H2,1H3,(H2,15,16,17). The lowest BCUT2D eigenvalue weighted by Gasteiger charge is -2.09. The molecule has 0 saturated carbocycles. The summed E-state index contributed by atoms with van der Waals surface area (Å²) in [6, 6.07) is 8.81. The zero-order chi connectivity index (χ0) is 11.8. The number of imidazole rings is 1. The summed E-state index contributed by atoms with van der Waals surface area (Å²) in [5.74, 6) is 1.31. The maximum atomic E-state index is 5.06. The molecule has 1 heterocycles. The van der Waals surface area contributed by atoms with Crippen LogP contribution in [0.3, 0.4) is 0 Å². The van der Waals surface area contributed by atoms with Gasteiger partial charge in [-0.2, -0.15) is 0 Å². The lowest BCUT2D eigenvalue weighted by molar-refractivity contribution is 0.610. The van der Waals surface area contributed by atoms with Gasteiger partial charge < -0.3 is 9.97 Å². The second kappa shape index (κ2) is 4.15. The Morgan fingerprint density at radius 3 is 2.76 bits per heavy atom. The topological polar surface area (TPSA) is 31.6 Å². The molecule has 2 nitrogen and oxygen atoms in total. The summed E-state index contributed by atoms with van der Waals surface area (Å²) < 4.78 is 0.722. The first kappa shape index (κ1) is 10.8. The van der Waals surface area contributed by atoms with Crippen LogP contribution in [0.1, 0.15) is 42.0 Å². The fourth-order valence-corrected chi connectivity index (χ4v) is 3.14. The molecule has 88 valence electrons. The molecule has 2 N–H and O–H groups in total. The van der Waals surface area contributed by atoms with E-state index in [4.69, 9.17) is 12.2 Å². The summed E-state index contributed by atoms with van der Waals surface area (Å²) in [4.78, 5) is 6.24. The Morgan fingerprint density at radius 1 is 1.29 bits per heavy atom. The molecule has 17 heavy (non-hydrogen) atoms. The van der Waals surface area contributed by atoms with Crippen LogP contribution in [0.4, 0.5) is 0 Å². The average molecular weight is 244 g/mol. The van der Waals surface area contributed by atoms with Crippen molar-refractivity contribution in [2.45, 2.75) is 31.6 Å². The molecule has 1 aliphatic carbocycles. The summed E-state index contributed by atoms with van der Waals surface area (Å²) in [6.45, 7) is 2.32. The van der Waals surface area contributed by atoms with Gasteiger partial charge in [0.05, 0.1) is 0 Å². The van der Waals surface area contributed by atoms with Gasteiger partial charge in [-0.15, -0.1) is 0 Å². The van der Waals surface area contributed by atoms with Gasteiger partial charge in [-0.25, -0.2) is 0 Å². The Bertz CT molecular complexity index is 582. The second-order valence-electron chi connectivity index (χ2n) is 4.93. The zero-order valence-corrected chi connectivity index (χ0v) is 10.7. The third-order valence-corrected chi connectivity index (χ3v) is 3.94. The number of hydrogen-bond acceptors (Lipinski definition) is 1. The molecule has 0 saturated heterocycles. The lowest BCUT2D eigenvalue weighted by atomic mass is 9.96. The molecule has 3 rings (SSSR count). The van der Waals surface area contributed by atoms with Crippen LogP contribution in [-0.2, 0) is 6.42 Å². The molecule has 0 amide bonds. The van der Waals surface area contributed by atoms with Crippen molar-refractivity contribution in [3.8, 4) is 0 Å². The summed E-state index contributed by atoms with van der Waals surface area (Å²) in [5, 5.41) is 0. The normalized spacial score (nSPS) is 22.6. The summed E-state index contributed by atoms with van der Waals surface area (Å²) in [7, 11) is 0. The highest BCUT2D eigenvalue weighted by Gasteiger charge is 2.27. The highest BCUT2D eigenvalue weighted by Crippen LogP contribution is 2.42. The number of aromatic nitrogens is 2. The summed E-state index contributed by atoms with van der Waals surface area (Å²) >= 11 is 5.06. The number of nitrogens with one attached hydrogen (secondary N) is 2. The predicted molar refractivity (Wildman–Crippen MR) is 71.9 cm³/mol. The number of aromatic amines is 2. The van der Waals surface area contributed by atoms with Crippen LogP contribution in [0.2, 0.25) is 0 Å². The van der Waals surface area contributed by atoms with Crippen molar-refractivity contribution in [3.63, 3.8) is 0 Å². The minimum atomic E-state index is 0.627. The lowest BCUT2D eigenvalue weighted by Crippen LogP contribution is -1.99. The molecule has 0 radical (unpaired) electrons. The zero-order valence-electron chi connectivity index (χ0n) is 9.86. The minimum Gasteiger partial charge on any atom is -0.337 e. The van der Waals surface area contributed by atoms with E-state index in [9.17, 15) is 0 Å². The minimum absolute atomic E-state index is 0.627. The van der Waals surface area contributed by atoms with Gasteiger partial charge in [0.2, 0.25) is 0 Å². The Morgan fingerprint density at radius 2 is 2.06 bits per heavy atom. The molecular formula is C14H16N2S. The Balaban J connectivity index is 1.89. The van der Waals surface area contributed by atoms with Crippen molar-refractivity contribution >= 4 is 12.2 Å². The highest BCUT2D eigenvalue weighted by molar-refractivity contribution is 7.71. The van der Waals surface area contributed by atoms with Gasteiger partial charge in [-0.1, -0.05) is 31.2 Å². The van der Waals surface area contributed by atoms with E-state index in [2.05, 4.69) is 41.2 Å². The van der Waals surface area contributed by atoms with Crippen molar-refractivity contribution in [1.29, 1.82) is 0 Å². The maximum absolute atomic E-state index is 5.06.